The fourth-order valence-corrected chi connectivity index (χ4v) is 4.58. The van der Waals surface area contributed by atoms with Crippen LogP contribution in [0.25, 0.3) is 0 Å². The van der Waals surface area contributed by atoms with E-state index < -0.39 is 0 Å². The van der Waals surface area contributed by atoms with Gasteiger partial charge < -0.3 is 10.0 Å². The highest BCUT2D eigenvalue weighted by atomic mass is 19.1. The quantitative estimate of drug-likeness (QED) is 0.870. The molecule has 1 aliphatic heterocycles. The van der Waals surface area contributed by atoms with E-state index in [0.29, 0.717) is 0 Å². The van der Waals surface area contributed by atoms with Crippen LogP contribution in [0.4, 0.5) is 8.78 Å². The monoisotopic (exact) mass is 372 g/mol. The van der Waals surface area contributed by atoms with Crippen molar-refractivity contribution in [3.05, 3.63) is 70.8 Å². The van der Waals surface area contributed by atoms with Gasteiger partial charge in [0, 0.05) is 51.3 Å². The number of fused-ring (bicyclic) bond motifs is 1. The van der Waals surface area contributed by atoms with Crippen LogP contribution in [-0.4, -0.2) is 54.2 Å². The Labute approximate surface area is 159 Å². The Morgan fingerprint density at radius 3 is 2.30 bits per heavy atom. The van der Waals surface area contributed by atoms with Crippen molar-refractivity contribution in [1.82, 2.24) is 9.80 Å². The van der Waals surface area contributed by atoms with Crippen molar-refractivity contribution >= 4 is 0 Å². The van der Waals surface area contributed by atoms with Gasteiger partial charge in [-0.2, -0.15) is 0 Å². The Bertz CT molecular complexity index is 772. The smallest absolute Gasteiger partial charge is 0.123 e. The lowest BCUT2D eigenvalue weighted by molar-refractivity contribution is 0.0902. The molecule has 2 aromatic carbocycles. The summed E-state index contributed by atoms with van der Waals surface area (Å²) in [5.41, 5.74) is 3.33. The van der Waals surface area contributed by atoms with E-state index in [1.165, 1.54) is 18.2 Å². The topological polar surface area (TPSA) is 26.7 Å². The van der Waals surface area contributed by atoms with Gasteiger partial charge in [0.15, 0.2) is 0 Å². The van der Waals surface area contributed by atoms with Crippen molar-refractivity contribution in [2.75, 3.05) is 39.3 Å². The van der Waals surface area contributed by atoms with Gasteiger partial charge in [-0.05, 0) is 53.8 Å². The first kappa shape index (κ1) is 18.5. The lowest BCUT2D eigenvalue weighted by atomic mass is 9.93. The Hall–Kier alpha value is -1.82. The van der Waals surface area contributed by atoms with E-state index in [-0.39, 0.29) is 30.2 Å². The molecule has 4 rings (SSSR count). The van der Waals surface area contributed by atoms with Gasteiger partial charge in [-0.25, -0.2) is 8.78 Å². The second-order valence-corrected chi connectivity index (χ2v) is 7.58. The summed E-state index contributed by atoms with van der Waals surface area (Å²) in [6.07, 6.45) is 1.71. The molecule has 0 unspecified atom stereocenters. The number of rotatable bonds is 5. The molecule has 27 heavy (non-hydrogen) atoms. The molecule has 0 radical (unpaired) electrons. The highest BCUT2D eigenvalue weighted by Crippen LogP contribution is 2.47. The van der Waals surface area contributed by atoms with Gasteiger partial charge in [0.2, 0.25) is 0 Å². The molecular weight excluding hydrogens is 346 g/mol. The number of benzene rings is 2. The largest absolute Gasteiger partial charge is 0.396 e. The second kappa shape index (κ2) is 8.05. The number of aliphatic hydroxyl groups excluding tert-OH is 1. The maximum Gasteiger partial charge on any atom is 0.123 e. The molecule has 144 valence electrons. The van der Waals surface area contributed by atoms with Crippen molar-refractivity contribution in [1.29, 1.82) is 0 Å². The molecule has 0 saturated carbocycles. The zero-order chi connectivity index (χ0) is 18.8. The van der Waals surface area contributed by atoms with E-state index in [9.17, 15) is 8.78 Å². The van der Waals surface area contributed by atoms with E-state index in [1.807, 2.05) is 18.2 Å². The number of nitrogens with zero attached hydrogens (tertiary/aromatic N) is 2. The minimum atomic E-state index is -0.230. The van der Waals surface area contributed by atoms with Crippen LogP contribution in [0.1, 0.15) is 41.5 Å². The maximum atomic E-state index is 14.0. The molecular formula is C22H26F2N2O. The molecule has 0 spiro atoms. The van der Waals surface area contributed by atoms with Crippen molar-refractivity contribution < 1.29 is 13.9 Å². The van der Waals surface area contributed by atoms with Crippen molar-refractivity contribution in [2.45, 2.75) is 24.8 Å². The Morgan fingerprint density at radius 1 is 0.889 bits per heavy atom. The summed E-state index contributed by atoms with van der Waals surface area (Å²) < 4.78 is 27.3. The van der Waals surface area contributed by atoms with E-state index in [2.05, 4.69) is 9.80 Å². The number of hydrogen-bond acceptors (Lipinski definition) is 3. The minimum Gasteiger partial charge on any atom is -0.396 e. The number of halogens is 2. The minimum absolute atomic E-state index is 0.179. The normalized spacial score (nSPS) is 23.5. The van der Waals surface area contributed by atoms with E-state index in [0.717, 1.165) is 62.3 Å². The molecule has 1 saturated heterocycles. The molecule has 1 aliphatic carbocycles. The molecule has 3 nitrogen and oxygen atoms in total. The summed E-state index contributed by atoms with van der Waals surface area (Å²) in [5, 5.41) is 9.02. The molecule has 2 atom stereocenters. The summed E-state index contributed by atoms with van der Waals surface area (Å²) in [7, 11) is 0. The Morgan fingerprint density at radius 2 is 1.59 bits per heavy atom. The first-order chi connectivity index (χ1) is 13.2. The lowest BCUT2D eigenvalue weighted by Gasteiger charge is -2.38. The molecule has 0 amide bonds. The Kier molecular flexibility index (Phi) is 5.53. The number of piperazine rings is 1. The van der Waals surface area contributed by atoms with Gasteiger partial charge in [-0.1, -0.05) is 18.2 Å². The summed E-state index contributed by atoms with van der Waals surface area (Å²) in [4.78, 5) is 4.84. The van der Waals surface area contributed by atoms with Crippen molar-refractivity contribution in [2.24, 2.45) is 0 Å². The van der Waals surface area contributed by atoms with Crippen LogP contribution in [0.2, 0.25) is 0 Å². The molecule has 2 aromatic rings. The predicted molar refractivity (Wildman–Crippen MR) is 102 cm³/mol. The van der Waals surface area contributed by atoms with Crippen molar-refractivity contribution in [3.63, 3.8) is 0 Å². The van der Waals surface area contributed by atoms with Crippen LogP contribution in [0, 0.1) is 11.6 Å². The van der Waals surface area contributed by atoms with Gasteiger partial charge in [-0.3, -0.25) is 4.90 Å². The summed E-state index contributed by atoms with van der Waals surface area (Å²) in [6.45, 7) is 5.00. The van der Waals surface area contributed by atoms with Gasteiger partial charge in [0.25, 0.3) is 0 Å². The highest BCUT2D eigenvalue weighted by molar-refractivity contribution is 5.45. The van der Waals surface area contributed by atoms with E-state index >= 15 is 0 Å². The lowest BCUT2D eigenvalue weighted by Crippen LogP contribution is -2.47. The Balaban J connectivity index is 1.54. The van der Waals surface area contributed by atoms with Crippen LogP contribution in [-0.2, 0) is 0 Å². The van der Waals surface area contributed by atoms with Gasteiger partial charge in [0.1, 0.15) is 11.6 Å². The van der Waals surface area contributed by atoms with Crippen LogP contribution in [0.15, 0.2) is 42.5 Å². The van der Waals surface area contributed by atoms with E-state index in [1.54, 1.807) is 6.07 Å². The third-order valence-corrected chi connectivity index (χ3v) is 5.99. The van der Waals surface area contributed by atoms with Gasteiger partial charge >= 0.3 is 0 Å². The molecule has 0 bridgehead atoms. The molecule has 0 aromatic heterocycles. The fraction of sp³-hybridized carbons (Fsp3) is 0.455. The third-order valence-electron chi connectivity index (χ3n) is 5.99. The first-order valence-electron chi connectivity index (χ1n) is 9.78. The maximum absolute atomic E-state index is 14.0. The van der Waals surface area contributed by atoms with Crippen LogP contribution >= 0.6 is 0 Å². The van der Waals surface area contributed by atoms with Crippen LogP contribution < -0.4 is 0 Å². The fourth-order valence-electron chi connectivity index (χ4n) is 4.58. The zero-order valence-electron chi connectivity index (χ0n) is 15.5. The van der Waals surface area contributed by atoms with E-state index in [4.69, 9.17) is 5.11 Å². The van der Waals surface area contributed by atoms with Gasteiger partial charge in [0.05, 0.1) is 0 Å². The highest BCUT2D eigenvalue weighted by Gasteiger charge is 2.36. The third kappa shape index (κ3) is 3.91. The molecule has 2 aliphatic rings. The van der Waals surface area contributed by atoms with Crippen LogP contribution in [0.5, 0.6) is 0 Å². The summed E-state index contributed by atoms with van der Waals surface area (Å²) in [5.74, 6) is -0.245. The predicted octanol–water partition coefficient (Wildman–Crippen LogP) is 3.54. The summed E-state index contributed by atoms with van der Waals surface area (Å²) in [6, 6.07) is 12.0. The first-order valence-corrected chi connectivity index (χ1v) is 9.78. The molecule has 1 N–H and O–H groups in total. The second-order valence-electron chi connectivity index (χ2n) is 7.58. The number of hydrogen-bond donors (Lipinski definition) is 1. The van der Waals surface area contributed by atoms with Crippen molar-refractivity contribution in [3.8, 4) is 0 Å². The van der Waals surface area contributed by atoms with Gasteiger partial charge in [-0.15, -0.1) is 0 Å². The summed E-state index contributed by atoms with van der Waals surface area (Å²) >= 11 is 0. The molecule has 1 heterocycles. The number of aliphatic hydroxyl groups is 1. The average Bonchev–Trinajstić information content (AvgIpc) is 3.06. The molecule has 5 heteroatoms. The SMILES string of the molecule is OCCCN1CCN([C@H]2C[C@H](c3ccc(F)cc3)c3ccc(F)cc32)CC1. The average molecular weight is 372 g/mol. The van der Waals surface area contributed by atoms with Crippen LogP contribution in [0.3, 0.4) is 0 Å². The molecule has 1 fully saturated rings. The standard InChI is InChI=1S/C22H26F2N2O/c23-17-4-2-16(3-5-17)20-15-22(21-14-18(24)6-7-19(20)21)26-11-9-25(10-12-26)8-1-13-27/h2-7,14,20,22,27H,1,8-13,15H2/t20-,22+/m1/s1. The zero-order valence-corrected chi connectivity index (χ0v) is 15.5.